The summed E-state index contributed by atoms with van der Waals surface area (Å²) in [5, 5.41) is 9.77. The molecule has 2 atom stereocenters. The molecule has 1 N–H and O–H groups in total. The van der Waals surface area contributed by atoms with Crippen molar-refractivity contribution in [2.45, 2.75) is 31.0 Å². The standard InChI is InChI=1S/C18H17NO2/c20-17(21)18-10-16(18)15-9-5-4-8-14(15)12-19(18)11-13-6-2-1-3-7-13/h1-9,16H,10-12H2,(H,20,21). The van der Waals surface area contributed by atoms with Crippen molar-refractivity contribution in [1.82, 2.24) is 4.90 Å². The van der Waals surface area contributed by atoms with Gasteiger partial charge in [-0.2, -0.15) is 0 Å². The van der Waals surface area contributed by atoms with Gasteiger partial charge in [0.15, 0.2) is 0 Å². The Morgan fingerprint density at radius 2 is 1.86 bits per heavy atom. The van der Waals surface area contributed by atoms with Gasteiger partial charge in [0.1, 0.15) is 5.54 Å². The number of carboxylic acids is 1. The predicted octanol–water partition coefficient (Wildman–Crippen LogP) is 3.01. The molecule has 1 saturated carbocycles. The monoisotopic (exact) mass is 279 g/mol. The topological polar surface area (TPSA) is 40.5 Å². The fourth-order valence-corrected chi connectivity index (χ4v) is 3.71. The van der Waals surface area contributed by atoms with E-state index < -0.39 is 11.5 Å². The molecule has 0 spiro atoms. The first-order valence-electron chi connectivity index (χ1n) is 7.32. The zero-order valence-electron chi connectivity index (χ0n) is 11.7. The number of hydrogen-bond donors (Lipinski definition) is 1. The van der Waals surface area contributed by atoms with Crippen LogP contribution < -0.4 is 0 Å². The van der Waals surface area contributed by atoms with Crippen molar-refractivity contribution >= 4 is 5.97 Å². The lowest BCUT2D eigenvalue weighted by molar-refractivity contribution is -0.146. The fourth-order valence-electron chi connectivity index (χ4n) is 3.71. The molecule has 2 aromatic rings. The van der Waals surface area contributed by atoms with E-state index in [9.17, 15) is 9.90 Å². The fraction of sp³-hybridized carbons (Fsp3) is 0.278. The number of rotatable bonds is 3. The number of carbonyl (C=O) groups is 1. The first-order chi connectivity index (χ1) is 10.2. The van der Waals surface area contributed by atoms with Crippen LogP contribution in [0, 0.1) is 0 Å². The second-order valence-electron chi connectivity index (χ2n) is 6.03. The molecule has 3 nitrogen and oxygen atoms in total. The summed E-state index contributed by atoms with van der Waals surface area (Å²) in [6.07, 6.45) is 0.728. The quantitative estimate of drug-likeness (QED) is 0.939. The summed E-state index contributed by atoms with van der Waals surface area (Å²) in [5.74, 6) is -0.540. The van der Waals surface area contributed by atoms with E-state index >= 15 is 0 Å². The third kappa shape index (κ3) is 1.81. The van der Waals surface area contributed by atoms with E-state index in [0.717, 1.165) is 6.42 Å². The van der Waals surface area contributed by atoms with E-state index in [4.69, 9.17) is 0 Å². The highest BCUT2D eigenvalue weighted by Crippen LogP contribution is 2.60. The SMILES string of the molecule is O=C(O)C12CC1c1ccccc1CN2Cc1ccccc1. The molecule has 1 aliphatic heterocycles. The van der Waals surface area contributed by atoms with E-state index in [0.29, 0.717) is 13.1 Å². The van der Waals surface area contributed by atoms with Crippen molar-refractivity contribution in [1.29, 1.82) is 0 Å². The maximum absolute atomic E-state index is 11.9. The van der Waals surface area contributed by atoms with Crippen molar-refractivity contribution in [3.8, 4) is 0 Å². The number of hydrogen-bond acceptors (Lipinski definition) is 2. The number of aliphatic carboxylic acids is 1. The highest BCUT2D eigenvalue weighted by molar-refractivity contribution is 5.86. The maximum Gasteiger partial charge on any atom is 0.324 e. The van der Waals surface area contributed by atoms with Gasteiger partial charge in [-0.3, -0.25) is 9.69 Å². The molecular formula is C18H17NO2. The summed E-state index contributed by atoms with van der Waals surface area (Å²) in [4.78, 5) is 14.0. The molecule has 4 rings (SSSR count). The Balaban J connectivity index is 1.72. The van der Waals surface area contributed by atoms with Crippen LogP contribution in [0.4, 0.5) is 0 Å². The summed E-state index contributed by atoms with van der Waals surface area (Å²) >= 11 is 0. The summed E-state index contributed by atoms with van der Waals surface area (Å²) in [7, 11) is 0. The zero-order valence-corrected chi connectivity index (χ0v) is 11.7. The van der Waals surface area contributed by atoms with Crippen LogP contribution in [0.5, 0.6) is 0 Å². The van der Waals surface area contributed by atoms with Crippen LogP contribution in [-0.4, -0.2) is 21.5 Å². The Labute approximate surface area is 123 Å². The molecule has 3 heteroatoms. The van der Waals surface area contributed by atoms with Crippen LogP contribution in [0.15, 0.2) is 54.6 Å². The molecule has 0 saturated heterocycles. The molecular weight excluding hydrogens is 262 g/mol. The van der Waals surface area contributed by atoms with Gasteiger partial charge in [0.05, 0.1) is 0 Å². The Hall–Kier alpha value is -2.13. The zero-order chi connectivity index (χ0) is 14.4. The van der Waals surface area contributed by atoms with Crippen LogP contribution in [0.1, 0.15) is 29.0 Å². The minimum absolute atomic E-state index is 0.142. The lowest BCUT2D eigenvalue weighted by Crippen LogP contribution is -2.46. The molecule has 1 aliphatic carbocycles. The molecule has 0 radical (unpaired) electrons. The van der Waals surface area contributed by atoms with Crippen molar-refractivity contribution in [2.75, 3.05) is 0 Å². The molecule has 0 aromatic heterocycles. The lowest BCUT2D eigenvalue weighted by atomic mass is 9.93. The maximum atomic E-state index is 11.9. The van der Waals surface area contributed by atoms with Crippen molar-refractivity contribution in [3.05, 3.63) is 71.3 Å². The third-order valence-electron chi connectivity index (χ3n) is 4.87. The third-order valence-corrected chi connectivity index (χ3v) is 4.87. The van der Waals surface area contributed by atoms with Gasteiger partial charge >= 0.3 is 5.97 Å². The van der Waals surface area contributed by atoms with Gasteiger partial charge in [0.2, 0.25) is 0 Å². The van der Waals surface area contributed by atoms with Crippen LogP contribution in [0.2, 0.25) is 0 Å². The van der Waals surface area contributed by atoms with Gasteiger partial charge < -0.3 is 5.11 Å². The Kier molecular flexibility index (Phi) is 2.66. The van der Waals surface area contributed by atoms with E-state index in [1.165, 1.54) is 16.7 Å². The van der Waals surface area contributed by atoms with Crippen molar-refractivity contribution < 1.29 is 9.90 Å². The second kappa shape index (κ2) is 4.43. The molecule has 21 heavy (non-hydrogen) atoms. The normalized spacial score (nSPS) is 26.8. The van der Waals surface area contributed by atoms with Crippen molar-refractivity contribution in [3.63, 3.8) is 0 Å². The molecule has 2 aromatic carbocycles. The number of carboxylic acid groups (broad SMARTS) is 1. The molecule has 0 amide bonds. The summed E-state index contributed by atoms with van der Waals surface area (Å²) in [6.45, 7) is 1.41. The number of fused-ring (bicyclic) bond motifs is 3. The Morgan fingerprint density at radius 1 is 1.14 bits per heavy atom. The molecule has 0 bridgehead atoms. The van der Waals surface area contributed by atoms with E-state index in [-0.39, 0.29) is 5.92 Å². The second-order valence-corrected chi connectivity index (χ2v) is 6.03. The van der Waals surface area contributed by atoms with Gasteiger partial charge in [-0.15, -0.1) is 0 Å². The predicted molar refractivity (Wildman–Crippen MR) is 79.9 cm³/mol. The highest BCUT2D eigenvalue weighted by Gasteiger charge is 2.66. The molecule has 2 aliphatic rings. The average molecular weight is 279 g/mol. The molecule has 106 valence electrons. The largest absolute Gasteiger partial charge is 0.480 e. The summed E-state index contributed by atoms with van der Waals surface area (Å²) in [6, 6.07) is 18.4. The minimum atomic E-state index is -0.690. The van der Waals surface area contributed by atoms with E-state index in [1.807, 2.05) is 30.3 Å². The molecule has 1 fully saturated rings. The van der Waals surface area contributed by atoms with Gasteiger partial charge in [0, 0.05) is 19.0 Å². The van der Waals surface area contributed by atoms with Crippen LogP contribution in [0.25, 0.3) is 0 Å². The molecule has 1 heterocycles. The van der Waals surface area contributed by atoms with Crippen LogP contribution >= 0.6 is 0 Å². The van der Waals surface area contributed by atoms with Gasteiger partial charge in [-0.25, -0.2) is 0 Å². The average Bonchev–Trinajstić information content (AvgIpc) is 3.26. The Morgan fingerprint density at radius 3 is 2.62 bits per heavy atom. The van der Waals surface area contributed by atoms with E-state index in [2.05, 4.69) is 29.2 Å². The first kappa shape index (κ1) is 12.6. The highest BCUT2D eigenvalue weighted by atomic mass is 16.4. The Bertz CT molecular complexity index is 697. The van der Waals surface area contributed by atoms with Crippen LogP contribution in [-0.2, 0) is 17.9 Å². The number of nitrogens with zero attached hydrogens (tertiary/aromatic N) is 1. The number of benzene rings is 2. The van der Waals surface area contributed by atoms with E-state index in [1.54, 1.807) is 0 Å². The van der Waals surface area contributed by atoms with Gasteiger partial charge in [-0.1, -0.05) is 54.6 Å². The lowest BCUT2D eigenvalue weighted by Gasteiger charge is -2.34. The smallest absolute Gasteiger partial charge is 0.324 e. The molecule has 2 unspecified atom stereocenters. The van der Waals surface area contributed by atoms with Crippen molar-refractivity contribution in [2.24, 2.45) is 0 Å². The summed E-state index contributed by atoms with van der Waals surface area (Å²) < 4.78 is 0. The minimum Gasteiger partial charge on any atom is -0.480 e. The van der Waals surface area contributed by atoms with Gasteiger partial charge in [0.25, 0.3) is 0 Å². The van der Waals surface area contributed by atoms with Crippen LogP contribution in [0.3, 0.4) is 0 Å². The summed E-state index contributed by atoms with van der Waals surface area (Å²) in [5.41, 5.74) is 2.98. The van der Waals surface area contributed by atoms with Gasteiger partial charge in [-0.05, 0) is 23.1 Å². The first-order valence-corrected chi connectivity index (χ1v) is 7.32.